The number of rotatable bonds is 8. The first-order valence-corrected chi connectivity index (χ1v) is 5.76. The summed E-state index contributed by atoms with van der Waals surface area (Å²) in [6.45, 7) is 8.53. The quantitative estimate of drug-likeness (QED) is 0.379. The van der Waals surface area contributed by atoms with E-state index >= 15 is 0 Å². The molecule has 0 rings (SSSR count). The molecule has 5 nitrogen and oxygen atoms in total. The molecule has 0 aliphatic rings. The average Bonchev–Trinajstić information content (AvgIpc) is 2.25. The number of carbonyl (C=O) groups is 1. The van der Waals surface area contributed by atoms with Crippen molar-refractivity contribution in [2.24, 2.45) is 11.3 Å². The molecule has 0 aliphatic heterocycles. The lowest BCUT2D eigenvalue weighted by atomic mass is 9.90. The number of nitrogens with two attached hydrogens (primary N) is 1. The van der Waals surface area contributed by atoms with Gasteiger partial charge < -0.3 is 14.9 Å². The highest BCUT2D eigenvalue weighted by Gasteiger charge is 2.20. The van der Waals surface area contributed by atoms with Crippen molar-refractivity contribution in [1.82, 2.24) is 5.32 Å². The van der Waals surface area contributed by atoms with Crippen molar-refractivity contribution in [3.05, 3.63) is 0 Å². The second kappa shape index (κ2) is 8.35. The maximum atomic E-state index is 10.7. The monoisotopic (exact) mass is 232 g/mol. The van der Waals surface area contributed by atoms with E-state index in [1.807, 2.05) is 13.8 Å². The normalized spacial score (nSPS) is 11.2. The lowest BCUT2D eigenvalue weighted by molar-refractivity contribution is 0.0274. The number of hydrogen-bond acceptors (Lipinski definition) is 5. The van der Waals surface area contributed by atoms with Gasteiger partial charge in [0.1, 0.15) is 6.61 Å². The minimum atomic E-state index is -0.827. The van der Waals surface area contributed by atoms with Crippen LogP contribution >= 0.6 is 0 Å². The van der Waals surface area contributed by atoms with Crippen LogP contribution in [0.2, 0.25) is 0 Å². The molecule has 0 radical (unpaired) electrons. The SMILES string of the molecule is CCCCNCCC(C)(C)COC(=O)ON. The number of nitrogens with one attached hydrogen (secondary N) is 1. The summed E-state index contributed by atoms with van der Waals surface area (Å²) in [6.07, 6.45) is 2.50. The third-order valence-corrected chi connectivity index (χ3v) is 2.36. The molecule has 0 bridgehead atoms. The predicted octanol–water partition coefficient (Wildman–Crippen LogP) is 1.82. The first kappa shape index (κ1) is 15.2. The molecule has 0 unspecified atom stereocenters. The van der Waals surface area contributed by atoms with Crippen molar-refractivity contribution in [2.75, 3.05) is 19.7 Å². The molecule has 0 aliphatic carbocycles. The van der Waals surface area contributed by atoms with E-state index in [1.165, 1.54) is 12.8 Å². The first-order chi connectivity index (χ1) is 7.52. The van der Waals surface area contributed by atoms with Gasteiger partial charge in [-0.05, 0) is 25.9 Å². The Morgan fingerprint density at radius 1 is 1.38 bits per heavy atom. The number of carbonyl (C=O) groups excluding carboxylic acids is 1. The predicted molar refractivity (Wildman–Crippen MR) is 62.8 cm³/mol. The lowest BCUT2D eigenvalue weighted by Crippen LogP contribution is -2.28. The van der Waals surface area contributed by atoms with Crippen molar-refractivity contribution in [3.63, 3.8) is 0 Å². The fraction of sp³-hybridized carbons (Fsp3) is 0.909. The van der Waals surface area contributed by atoms with Crippen LogP contribution in [0, 0.1) is 5.41 Å². The molecule has 0 amide bonds. The zero-order valence-electron chi connectivity index (χ0n) is 10.5. The zero-order valence-corrected chi connectivity index (χ0v) is 10.5. The van der Waals surface area contributed by atoms with Crippen molar-refractivity contribution in [2.45, 2.75) is 40.0 Å². The molecule has 16 heavy (non-hydrogen) atoms. The summed E-state index contributed by atoms with van der Waals surface area (Å²) in [4.78, 5) is 14.6. The van der Waals surface area contributed by atoms with Gasteiger partial charge in [-0.2, -0.15) is 5.90 Å². The molecule has 0 heterocycles. The maximum Gasteiger partial charge on any atom is 0.527 e. The van der Waals surface area contributed by atoms with Gasteiger partial charge in [-0.25, -0.2) is 4.79 Å². The molecule has 0 aromatic heterocycles. The highest BCUT2D eigenvalue weighted by molar-refractivity contribution is 5.59. The number of ether oxygens (including phenoxy) is 1. The Labute approximate surface area is 97.6 Å². The van der Waals surface area contributed by atoms with Gasteiger partial charge in [0.25, 0.3) is 0 Å². The van der Waals surface area contributed by atoms with Crippen LogP contribution in [0.1, 0.15) is 40.0 Å². The Balaban J connectivity index is 3.57. The van der Waals surface area contributed by atoms with E-state index in [0.717, 1.165) is 19.5 Å². The fourth-order valence-corrected chi connectivity index (χ4v) is 1.21. The Kier molecular flexibility index (Phi) is 7.93. The number of hydrogen-bond donors (Lipinski definition) is 2. The van der Waals surface area contributed by atoms with Gasteiger partial charge in [-0.3, -0.25) is 0 Å². The fourth-order valence-electron chi connectivity index (χ4n) is 1.21. The Bertz CT molecular complexity index is 196. The molecule has 0 aromatic rings. The Morgan fingerprint density at radius 3 is 2.62 bits per heavy atom. The van der Waals surface area contributed by atoms with Crippen molar-refractivity contribution in [3.8, 4) is 0 Å². The maximum absolute atomic E-state index is 10.7. The third kappa shape index (κ3) is 8.49. The van der Waals surface area contributed by atoms with Crippen LogP contribution in [-0.2, 0) is 9.57 Å². The zero-order chi connectivity index (χ0) is 12.4. The van der Waals surface area contributed by atoms with E-state index in [9.17, 15) is 4.79 Å². The molecule has 0 saturated heterocycles. The van der Waals surface area contributed by atoms with Crippen LogP contribution in [0.3, 0.4) is 0 Å². The van der Waals surface area contributed by atoms with Crippen molar-refractivity contribution < 1.29 is 14.4 Å². The summed E-state index contributed by atoms with van der Waals surface area (Å²) in [7, 11) is 0. The van der Waals surface area contributed by atoms with E-state index in [0.29, 0.717) is 6.61 Å². The van der Waals surface area contributed by atoms with Gasteiger partial charge in [-0.15, -0.1) is 0 Å². The molecule has 96 valence electrons. The second-order valence-corrected chi connectivity index (χ2v) is 4.67. The van der Waals surface area contributed by atoms with E-state index < -0.39 is 6.16 Å². The highest BCUT2D eigenvalue weighted by Crippen LogP contribution is 2.19. The summed E-state index contributed by atoms with van der Waals surface area (Å²) in [5, 5.41) is 3.35. The Morgan fingerprint density at radius 2 is 2.06 bits per heavy atom. The van der Waals surface area contributed by atoms with Gasteiger partial charge in [0.05, 0.1) is 0 Å². The smallest absolute Gasteiger partial charge is 0.432 e. The Hall–Kier alpha value is -0.810. The van der Waals surface area contributed by atoms with Gasteiger partial charge in [0, 0.05) is 5.41 Å². The summed E-state index contributed by atoms with van der Waals surface area (Å²) >= 11 is 0. The van der Waals surface area contributed by atoms with Crippen LogP contribution in [0.25, 0.3) is 0 Å². The van der Waals surface area contributed by atoms with Crippen LogP contribution in [-0.4, -0.2) is 25.9 Å². The summed E-state index contributed by atoms with van der Waals surface area (Å²) in [5.41, 5.74) is -0.0621. The van der Waals surface area contributed by atoms with E-state index in [4.69, 9.17) is 4.74 Å². The van der Waals surface area contributed by atoms with Crippen LogP contribution in [0.15, 0.2) is 0 Å². The summed E-state index contributed by atoms with van der Waals surface area (Å²) in [6, 6.07) is 0. The first-order valence-electron chi connectivity index (χ1n) is 5.76. The van der Waals surface area contributed by atoms with Crippen LogP contribution in [0.4, 0.5) is 4.79 Å². The molecular formula is C11H24N2O3. The van der Waals surface area contributed by atoms with E-state index in [1.54, 1.807) is 0 Å². The van der Waals surface area contributed by atoms with E-state index in [-0.39, 0.29) is 5.41 Å². The van der Waals surface area contributed by atoms with Gasteiger partial charge in [0.15, 0.2) is 0 Å². The molecule has 0 aromatic carbocycles. The standard InChI is InChI=1S/C11H24N2O3/c1-4-5-7-13-8-6-11(2,3)9-15-10(14)16-12/h13H,4-9,12H2,1-3H3. The van der Waals surface area contributed by atoms with E-state index in [2.05, 4.69) is 23.0 Å². The summed E-state index contributed by atoms with van der Waals surface area (Å²) < 4.78 is 4.82. The van der Waals surface area contributed by atoms with Crippen LogP contribution in [0.5, 0.6) is 0 Å². The van der Waals surface area contributed by atoms with Crippen LogP contribution < -0.4 is 11.2 Å². The minimum Gasteiger partial charge on any atom is -0.432 e. The molecule has 0 fully saturated rings. The highest BCUT2D eigenvalue weighted by atomic mass is 16.8. The van der Waals surface area contributed by atoms with Crippen molar-refractivity contribution >= 4 is 6.16 Å². The average molecular weight is 232 g/mol. The minimum absolute atomic E-state index is 0.0621. The molecule has 0 atom stereocenters. The largest absolute Gasteiger partial charge is 0.527 e. The lowest BCUT2D eigenvalue weighted by Gasteiger charge is -2.23. The molecule has 5 heteroatoms. The second-order valence-electron chi connectivity index (χ2n) is 4.67. The summed E-state index contributed by atoms with van der Waals surface area (Å²) in [5.74, 6) is 4.67. The number of unbranched alkanes of at least 4 members (excludes halogenated alkanes) is 1. The topological polar surface area (TPSA) is 73.6 Å². The molecular weight excluding hydrogens is 208 g/mol. The van der Waals surface area contributed by atoms with Crippen molar-refractivity contribution in [1.29, 1.82) is 0 Å². The van der Waals surface area contributed by atoms with Gasteiger partial charge >= 0.3 is 6.16 Å². The molecule has 0 saturated carbocycles. The van der Waals surface area contributed by atoms with Gasteiger partial charge in [-0.1, -0.05) is 27.2 Å². The third-order valence-electron chi connectivity index (χ3n) is 2.36. The molecule has 0 spiro atoms. The van der Waals surface area contributed by atoms with Gasteiger partial charge in [0.2, 0.25) is 0 Å². The molecule has 3 N–H and O–H groups in total.